The van der Waals surface area contributed by atoms with Gasteiger partial charge in [0.05, 0.1) is 5.25 Å². The molecule has 17 nitrogen and oxygen atoms in total. The molecule has 1 amide bonds. The molecule has 2 rings (SSSR count). The number of sulfonamides is 1. The van der Waals surface area contributed by atoms with Gasteiger partial charge < -0.3 is 29.0 Å². The highest BCUT2D eigenvalue weighted by atomic mass is 32.3. The maximum atomic E-state index is 13.0. The number of ether oxygens (including phenoxy) is 5. The Morgan fingerprint density at radius 2 is 1.27 bits per heavy atom. The molecule has 0 bridgehead atoms. The van der Waals surface area contributed by atoms with Crippen LogP contribution in [0, 0.1) is 0 Å². The molecular weight excluding hydrogens is 713 g/mol. The molecule has 2 heterocycles. The maximum absolute atomic E-state index is 13.0. The van der Waals surface area contributed by atoms with E-state index in [-0.39, 0.29) is 22.6 Å². The number of esters is 5. The molecule has 0 fully saturated rings. The van der Waals surface area contributed by atoms with Crippen molar-refractivity contribution < 1.29 is 69.3 Å². The van der Waals surface area contributed by atoms with Crippen molar-refractivity contribution >= 4 is 67.0 Å². The predicted octanol–water partition coefficient (Wildman–Crippen LogP) is 1.23. The lowest BCUT2D eigenvalue weighted by Crippen LogP contribution is -2.41. The Balaban J connectivity index is 1.94. The SMILES string of the molecule is CCCC(=O)O[C@@H](C)C(=O)O[C@@H](C)C(=O)O[C@@H](C)C(=O)O[C@@H](C)C(=O)O[C@@H](C)C(=O)NS(=O)(=O)c1cc2c(s1)S(=O)(=O)[C@@H](C)C[C@@H]2NCC. The number of hydrogen-bond acceptors (Lipinski definition) is 17. The van der Waals surface area contributed by atoms with Gasteiger partial charge >= 0.3 is 29.8 Å². The maximum Gasteiger partial charge on any atom is 0.347 e. The van der Waals surface area contributed by atoms with Crippen molar-refractivity contribution in [2.24, 2.45) is 0 Å². The van der Waals surface area contributed by atoms with Gasteiger partial charge in [0, 0.05) is 18.0 Å². The zero-order valence-corrected chi connectivity index (χ0v) is 30.7. The summed E-state index contributed by atoms with van der Waals surface area (Å²) < 4.78 is 77.6. The molecular formula is C29H42N2O15S3. The van der Waals surface area contributed by atoms with E-state index < -0.39 is 102 Å². The lowest BCUT2D eigenvalue weighted by atomic mass is 10.1. The molecule has 1 aliphatic heterocycles. The van der Waals surface area contributed by atoms with Gasteiger partial charge in [-0.15, -0.1) is 11.3 Å². The Hall–Kier alpha value is -3.62. The van der Waals surface area contributed by atoms with E-state index in [1.807, 2.05) is 6.92 Å². The first-order chi connectivity index (χ1) is 22.7. The lowest BCUT2D eigenvalue weighted by Gasteiger charge is -2.27. The first kappa shape index (κ1) is 41.6. The highest BCUT2D eigenvalue weighted by Crippen LogP contribution is 2.42. The summed E-state index contributed by atoms with van der Waals surface area (Å²) in [6, 6.07) is 0.775. The Kier molecular flexibility index (Phi) is 14.7. The van der Waals surface area contributed by atoms with Crippen LogP contribution in [0.2, 0.25) is 0 Å². The minimum absolute atomic E-state index is 0.0823. The van der Waals surface area contributed by atoms with E-state index in [1.54, 1.807) is 11.6 Å². The average Bonchev–Trinajstić information content (AvgIpc) is 3.48. The van der Waals surface area contributed by atoms with Crippen LogP contribution >= 0.6 is 11.3 Å². The van der Waals surface area contributed by atoms with Crippen LogP contribution in [0.25, 0.3) is 0 Å². The van der Waals surface area contributed by atoms with E-state index in [0.29, 0.717) is 24.3 Å². The second-order valence-electron chi connectivity index (χ2n) is 11.2. The summed E-state index contributed by atoms with van der Waals surface area (Å²) in [5.74, 6) is -6.53. The fourth-order valence-corrected chi connectivity index (χ4v) is 9.26. The fourth-order valence-electron chi connectivity index (χ4n) is 4.22. The van der Waals surface area contributed by atoms with Crippen LogP contribution in [0.5, 0.6) is 0 Å². The third kappa shape index (κ3) is 10.9. The largest absolute Gasteiger partial charge is 0.451 e. The van der Waals surface area contributed by atoms with Gasteiger partial charge in [-0.25, -0.2) is 40.7 Å². The number of hydrogen-bond donors (Lipinski definition) is 2. The van der Waals surface area contributed by atoms with E-state index in [9.17, 15) is 45.6 Å². The number of amides is 1. The number of rotatable bonds is 16. The van der Waals surface area contributed by atoms with Crippen LogP contribution < -0.4 is 10.0 Å². The quantitative estimate of drug-likeness (QED) is 0.178. The number of carbonyl (C=O) groups is 6. The molecule has 0 radical (unpaired) electrons. The molecule has 2 N–H and O–H groups in total. The molecule has 1 aliphatic rings. The predicted molar refractivity (Wildman–Crippen MR) is 170 cm³/mol. The molecule has 1 aromatic rings. The number of sulfone groups is 1. The van der Waals surface area contributed by atoms with Crippen molar-refractivity contribution in [2.75, 3.05) is 6.54 Å². The van der Waals surface area contributed by atoms with Crippen LogP contribution in [0.4, 0.5) is 0 Å². The standard InChI is InChI=1S/C29H42N2O15S3/c1-9-11-22(32)42-16(5)25(34)44-18(7)27(36)46-19(8)28(37)45-17(6)26(35)43-15(4)24(33)31-49(40,41)23-13-20-21(30-10-2)12-14(3)48(38,39)29(20)47-23/h13-19,21,30H,9-12H2,1-8H3,(H,31,33)/t14-,15-,16-,17-,18-,19-,21-/m0/s1. The highest BCUT2D eigenvalue weighted by molar-refractivity contribution is 7.95. The van der Waals surface area contributed by atoms with E-state index in [4.69, 9.17) is 23.7 Å². The first-order valence-electron chi connectivity index (χ1n) is 15.3. The van der Waals surface area contributed by atoms with Gasteiger partial charge in [-0.1, -0.05) is 13.8 Å². The zero-order chi connectivity index (χ0) is 37.4. The topological polar surface area (TPSA) is 241 Å². The number of thiophene rings is 1. The van der Waals surface area contributed by atoms with Gasteiger partial charge in [0.25, 0.3) is 15.9 Å². The monoisotopic (exact) mass is 754 g/mol. The summed E-state index contributed by atoms with van der Waals surface area (Å²) in [7, 11) is -8.38. The Morgan fingerprint density at radius 3 is 1.71 bits per heavy atom. The molecule has 7 atom stereocenters. The highest BCUT2D eigenvalue weighted by Gasteiger charge is 2.40. The number of nitrogens with one attached hydrogen (secondary N) is 2. The molecule has 0 aromatic carbocycles. The Labute approximate surface area is 288 Å². The molecule has 49 heavy (non-hydrogen) atoms. The van der Waals surface area contributed by atoms with Crippen molar-refractivity contribution in [3.63, 3.8) is 0 Å². The summed E-state index contributed by atoms with van der Waals surface area (Å²) in [6.45, 7) is 11.2. The number of fused-ring (bicyclic) bond motifs is 1. The minimum Gasteiger partial charge on any atom is -0.451 e. The molecule has 0 aliphatic carbocycles. The minimum atomic E-state index is -4.58. The molecule has 20 heteroatoms. The Bertz CT molecular complexity index is 1640. The van der Waals surface area contributed by atoms with E-state index in [2.05, 4.69) is 5.32 Å². The molecule has 1 aromatic heterocycles. The van der Waals surface area contributed by atoms with Gasteiger partial charge in [-0.05, 0) is 67.0 Å². The van der Waals surface area contributed by atoms with Crippen molar-refractivity contribution in [1.82, 2.24) is 10.0 Å². The summed E-state index contributed by atoms with van der Waals surface area (Å²) >= 11 is 0.504. The second kappa shape index (κ2) is 17.3. The van der Waals surface area contributed by atoms with Crippen LogP contribution in [0.15, 0.2) is 14.5 Å². The summed E-state index contributed by atoms with van der Waals surface area (Å²) in [5, 5.41) is 2.37. The first-order valence-corrected chi connectivity index (χ1v) is 19.2. The van der Waals surface area contributed by atoms with Gasteiger partial charge in [-0.2, -0.15) is 0 Å². The average molecular weight is 755 g/mol. The molecule has 0 spiro atoms. The second-order valence-corrected chi connectivity index (χ2v) is 16.7. The molecule has 276 valence electrons. The van der Waals surface area contributed by atoms with Crippen LogP contribution in [0.1, 0.15) is 86.3 Å². The molecule has 0 unspecified atom stereocenters. The smallest absolute Gasteiger partial charge is 0.347 e. The summed E-state index contributed by atoms with van der Waals surface area (Å²) in [6.07, 6.45) is -6.93. The van der Waals surface area contributed by atoms with Crippen molar-refractivity contribution in [3.05, 3.63) is 11.6 Å². The van der Waals surface area contributed by atoms with Crippen molar-refractivity contribution in [1.29, 1.82) is 0 Å². The van der Waals surface area contributed by atoms with Gasteiger partial charge in [0.15, 0.2) is 40.4 Å². The summed E-state index contributed by atoms with van der Waals surface area (Å²) in [5.41, 5.74) is 0.281. The third-order valence-corrected chi connectivity index (χ3v) is 12.7. The normalized spacial score (nSPS) is 19.8. The van der Waals surface area contributed by atoms with Crippen molar-refractivity contribution in [2.45, 2.75) is 125 Å². The fraction of sp³-hybridized carbons (Fsp3) is 0.655. The zero-order valence-electron chi connectivity index (χ0n) is 28.3. The molecule has 0 saturated heterocycles. The van der Waals surface area contributed by atoms with Crippen LogP contribution in [-0.2, 0) is 72.3 Å². The van der Waals surface area contributed by atoms with Gasteiger partial charge in [-0.3, -0.25) is 9.59 Å². The van der Waals surface area contributed by atoms with E-state index >= 15 is 0 Å². The van der Waals surface area contributed by atoms with Gasteiger partial charge in [0.2, 0.25) is 0 Å². The van der Waals surface area contributed by atoms with Gasteiger partial charge in [0.1, 0.15) is 8.42 Å². The molecule has 0 saturated carbocycles. The van der Waals surface area contributed by atoms with Crippen LogP contribution in [0.3, 0.4) is 0 Å². The van der Waals surface area contributed by atoms with E-state index in [1.165, 1.54) is 19.9 Å². The van der Waals surface area contributed by atoms with E-state index in [0.717, 1.165) is 27.7 Å². The van der Waals surface area contributed by atoms with Crippen molar-refractivity contribution in [3.8, 4) is 0 Å². The third-order valence-electron chi connectivity index (χ3n) is 7.01. The lowest BCUT2D eigenvalue weighted by molar-refractivity contribution is -0.185. The van der Waals surface area contributed by atoms with Crippen LogP contribution in [-0.4, -0.2) is 94.9 Å². The summed E-state index contributed by atoms with van der Waals surface area (Å²) in [4.78, 5) is 73.6. The number of carbonyl (C=O) groups excluding carboxylic acids is 6. The Morgan fingerprint density at radius 1 is 0.816 bits per heavy atom.